The van der Waals surface area contributed by atoms with Crippen LogP contribution in [-0.2, 0) is 4.74 Å². The second-order valence-electron chi connectivity index (χ2n) is 3.77. The van der Waals surface area contributed by atoms with Gasteiger partial charge in [-0.05, 0) is 41.5 Å². The number of carbonyl (C=O) groups excluding carboxylic acids is 1. The summed E-state index contributed by atoms with van der Waals surface area (Å²) in [7, 11) is 1.35. The number of hydrogen-bond donors (Lipinski definition) is 1. The number of rotatable bonds is 2. The van der Waals surface area contributed by atoms with Gasteiger partial charge >= 0.3 is 5.97 Å². The van der Waals surface area contributed by atoms with Crippen molar-refractivity contribution in [3.8, 4) is 16.9 Å². The normalized spacial score (nSPS) is 10.1. The topological polar surface area (TPSA) is 46.5 Å². The highest BCUT2D eigenvalue weighted by atomic mass is 79.9. The lowest BCUT2D eigenvalue weighted by molar-refractivity contribution is 0.0601. The fourth-order valence-electron chi connectivity index (χ4n) is 1.68. The molecule has 0 aliphatic heterocycles. The van der Waals surface area contributed by atoms with Gasteiger partial charge in [0.15, 0.2) is 0 Å². The molecule has 2 rings (SSSR count). The minimum Gasteiger partial charge on any atom is -0.508 e. The molecule has 0 unspecified atom stereocenters. The van der Waals surface area contributed by atoms with Crippen LogP contribution in [0.2, 0.25) is 0 Å². The average Bonchev–Trinajstić information content (AvgIpc) is 2.37. The molecule has 0 heterocycles. The first-order valence-electron chi connectivity index (χ1n) is 5.28. The zero-order valence-corrected chi connectivity index (χ0v) is 11.3. The van der Waals surface area contributed by atoms with Gasteiger partial charge in [0, 0.05) is 4.47 Å². The van der Waals surface area contributed by atoms with E-state index in [0.717, 1.165) is 15.6 Å². The third-order valence-electron chi connectivity index (χ3n) is 2.50. The van der Waals surface area contributed by atoms with Crippen molar-refractivity contribution in [3.63, 3.8) is 0 Å². The maximum atomic E-state index is 11.4. The van der Waals surface area contributed by atoms with E-state index >= 15 is 0 Å². The zero-order valence-electron chi connectivity index (χ0n) is 9.68. The van der Waals surface area contributed by atoms with Crippen LogP contribution in [0.1, 0.15) is 10.4 Å². The van der Waals surface area contributed by atoms with E-state index < -0.39 is 0 Å². The van der Waals surface area contributed by atoms with Crippen LogP contribution in [0.15, 0.2) is 46.9 Å². The number of phenols is 1. The van der Waals surface area contributed by atoms with Crippen molar-refractivity contribution >= 4 is 21.9 Å². The Balaban J connectivity index is 2.47. The Hall–Kier alpha value is -1.81. The van der Waals surface area contributed by atoms with Crippen molar-refractivity contribution in [2.45, 2.75) is 0 Å². The molecule has 0 spiro atoms. The molecule has 0 saturated heterocycles. The summed E-state index contributed by atoms with van der Waals surface area (Å²) >= 11 is 3.32. The Morgan fingerprint density at radius 2 is 1.94 bits per heavy atom. The van der Waals surface area contributed by atoms with Crippen LogP contribution < -0.4 is 0 Å². The van der Waals surface area contributed by atoms with E-state index in [9.17, 15) is 9.90 Å². The third kappa shape index (κ3) is 2.71. The molecule has 0 aliphatic carbocycles. The number of aromatic hydroxyl groups is 1. The van der Waals surface area contributed by atoms with E-state index in [0.29, 0.717) is 5.56 Å². The molecule has 2 aromatic carbocycles. The monoisotopic (exact) mass is 306 g/mol. The highest BCUT2D eigenvalue weighted by Crippen LogP contribution is 2.28. The SMILES string of the molecule is COC(=O)c1cccc(-c2cc(O)cc(Br)c2)c1. The molecule has 0 radical (unpaired) electrons. The van der Waals surface area contributed by atoms with Gasteiger partial charge in [0.05, 0.1) is 12.7 Å². The maximum absolute atomic E-state index is 11.4. The van der Waals surface area contributed by atoms with Crippen molar-refractivity contribution in [1.82, 2.24) is 0 Å². The minimum absolute atomic E-state index is 0.169. The Kier molecular flexibility index (Phi) is 3.67. The van der Waals surface area contributed by atoms with Gasteiger partial charge in [0.1, 0.15) is 5.75 Å². The molecule has 92 valence electrons. The van der Waals surface area contributed by atoms with E-state index in [1.807, 2.05) is 12.1 Å². The molecule has 0 aromatic heterocycles. The molecule has 18 heavy (non-hydrogen) atoms. The van der Waals surface area contributed by atoms with Gasteiger partial charge in [-0.15, -0.1) is 0 Å². The number of benzene rings is 2. The van der Waals surface area contributed by atoms with Crippen molar-refractivity contribution in [3.05, 3.63) is 52.5 Å². The molecule has 0 saturated carbocycles. The number of halogens is 1. The lowest BCUT2D eigenvalue weighted by atomic mass is 10.0. The summed E-state index contributed by atoms with van der Waals surface area (Å²) in [5.41, 5.74) is 2.15. The third-order valence-corrected chi connectivity index (χ3v) is 2.96. The highest BCUT2D eigenvalue weighted by Gasteiger charge is 2.07. The van der Waals surface area contributed by atoms with Gasteiger partial charge < -0.3 is 9.84 Å². The second kappa shape index (κ2) is 5.23. The number of phenolic OH excluding ortho intramolecular Hbond substituents is 1. The van der Waals surface area contributed by atoms with Gasteiger partial charge in [-0.2, -0.15) is 0 Å². The quantitative estimate of drug-likeness (QED) is 0.862. The largest absolute Gasteiger partial charge is 0.508 e. The molecule has 0 atom stereocenters. The van der Waals surface area contributed by atoms with Crippen LogP contribution in [0.5, 0.6) is 5.75 Å². The molecular formula is C14H11BrO3. The first kappa shape index (κ1) is 12.6. The lowest BCUT2D eigenvalue weighted by Gasteiger charge is -2.06. The number of ether oxygens (including phenoxy) is 1. The Morgan fingerprint density at radius 1 is 1.17 bits per heavy atom. The Bertz CT molecular complexity index is 573. The van der Waals surface area contributed by atoms with Gasteiger partial charge in [-0.25, -0.2) is 4.79 Å². The fourth-order valence-corrected chi connectivity index (χ4v) is 2.17. The summed E-state index contributed by atoms with van der Waals surface area (Å²) in [5, 5.41) is 9.56. The van der Waals surface area contributed by atoms with Crippen LogP contribution in [0, 0.1) is 0 Å². The first-order valence-corrected chi connectivity index (χ1v) is 6.08. The van der Waals surface area contributed by atoms with Crippen LogP contribution >= 0.6 is 15.9 Å². The standard InChI is InChI=1S/C14H11BrO3/c1-18-14(17)10-4-2-3-9(5-10)11-6-12(15)8-13(16)7-11/h2-8,16H,1H3. The van der Waals surface area contributed by atoms with Crippen LogP contribution in [0.25, 0.3) is 11.1 Å². The number of hydrogen-bond acceptors (Lipinski definition) is 3. The van der Waals surface area contributed by atoms with Gasteiger partial charge in [-0.1, -0.05) is 28.1 Å². The summed E-state index contributed by atoms with van der Waals surface area (Å²) in [6.07, 6.45) is 0. The first-order chi connectivity index (χ1) is 8.60. The van der Waals surface area contributed by atoms with Crippen molar-refractivity contribution < 1.29 is 14.6 Å². The van der Waals surface area contributed by atoms with E-state index in [4.69, 9.17) is 0 Å². The summed E-state index contributed by atoms with van der Waals surface area (Å²) in [6.45, 7) is 0. The summed E-state index contributed by atoms with van der Waals surface area (Å²) in [4.78, 5) is 11.4. The van der Waals surface area contributed by atoms with E-state index in [1.54, 1.807) is 30.3 Å². The predicted molar refractivity (Wildman–Crippen MR) is 72.6 cm³/mol. The Labute approximate surface area is 113 Å². The van der Waals surface area contributed by atoms with Crippen LogP contribution in [-0.4, -0.2) is 18.2 Å². The number of methoxy groups -OCH3 is 1. The van der Waals surface area contributed by atoms with Crippen molar-refractivity contribution in [1.29, 1.82) is 0 Å². The maximum Gasteiger partial charge on any atom is 0.337 e. The van der Waals surface area contributed by atoms with Crippen molar-refractivity contribution in [2.24, 2.45) is 0 Å². The van der Waals surface area contributed by atoms with Crippen LogP contribution in [0.3, 0.4) is 0 Å². The molecule has 4 heteroatoms. The molecule has 1 N–H and O–H groups in total. The average molecular weight is 307 g/mol. The molecule has 0 amide bonds. The molecule has 0 bridgehead atoms. The minimum atomic E-state index is -0.379. The molecule has 0 aliphatic rings. The fraction of sp³-hybridized carbons (Fsp3) is 0.0714. The zero-order chi connectivity index (χ0) is 13.1. The molecule has 3 nitrogen and oxygen atoms in total. The summed E-state index contributed by atoms with van der Waals surface area (Å²) < 4.78 is 5.46. The molecule has 0 fully saturated rings. The lowest BCUT2D eigenvalue weighted by Crippen LogP contribution is -2.00. The van der Waals surface area contributed by atoms with Gasteiger partial charge in [-0.3, -0.25) is 0 Å². The van der Waals surface area contributed by atoms with Crippen molar-refractivity contribution in [2.75, 3.05) is 7.11 Å². The van der Waals surface area contributed by atoms with Crippen LogP contribution in [0.4, 0.5) is 0 Å². The summed E-state index contributed by atoms with van der Waals surface area (Å²) in [5.74, 6) is -0.209. The molecule has 2 aromatic rings. The number of esters is 1. The summed E-state index contributed by atoms with van der Waals surface area (Å²) in [6, 6.07) is 12.2. The molecular weight excluding hydrogens is 296 g/mol. The predicted octanol–water partition coefficient (Wildman–Crippen LogP) is 3.61. The van der Waals surface area contributed by atoms with E-state index in [2.05, 4.69) is 20.7 Å². The second-order valence-corrected chi connectivity index (χ2v) is 4.69. The van der Waals surface area contributed by atoms with E-state index in [1.165, 1.54) is 7.11 Å². The highest BCUT2D eigenvalue weighted by molar-refractivity contribution is 9.10. The van der Waals surface area contributed by atoms with Gasteiger partial charge in [0.25, 0.3) is 0 Å². The Morgan fingerprint density at radius 3 is 2.61 bits per heavy atom. The smallest absolute Gasteiger partial charge is 0.337 e. The van der Waals surface area contributed by atoms with E-state index in [-0.39, 0.29) is 11.7 Å². The van der Waals surface area contributed by atoms with Gasteiger partial charge in [0.2, 0.25) is 0 Å². The number of carbonyl (C=O) groups is 1.